The lowest BCUT2D eigenvalue weighted by molar-refractivity contribution is 0.102. The summed E-state index contributed by atoms with van der Waals surface area (Å²) < 4.78 is 0. The Bertz CT molecular complexity index is 523. The van der Waals surface area contributed by atoms with Gasteiger partial charge >= 0.3 is 0 Å². The van der Waals surface area contributed by atoms with Crippen molar-refractivity contribution in [3.05, 3.63) is 35.1 Å². The van der Waals surface area contributed by atoms with Gasteiger partial charge in [-0.1, -0.05) is 0 Å². The summed E-state index contributed by atoms with van der Waals surface area (Å²) in [5.41, 5.74) is 7.42. The number of pyridine rings is 1. The maximum Gasteiger partial charge on any atom is 0.275 e. The molecule has 0 atom stereocenters. The van der Waals surface area contributed by atoms with Crippen LogP contribution < -0.4 is 11.1 Å². The quantitative estimate of drug-likeness (QED) is 0.828. The van der Waals surface area contributed by atoms with Crippen molar-refractivity contribution in [2.24, 2.45) is 0 Å². The highest BCUT2D eigenvalue weighted by atomic mass is 32.1. The summed E-state index contributed by atoms with van der Waals surface area (Å²) in [6.45, 7) is 1.87. The Balaban J connectivity index is 2.17. The summed E-state index contributed by atoms with van der Waals surface area (Å²) in [7, 11) is 0. The molecule has 0 spiro atoms. The molecule has 0 aromatic carbocycles. The molecule has 0 radical (unpaired) electrons. The number of amides is 1. The van der Waals surface area contributed by atoms with E-state index >= 15 is 0 Å². The Morgan fingerprint density at radius 1 is 1.56 bits per heavy atom. The largest absolute Gasteiger partial charge is 0.375 e. The lowest BCUT2D eigenvalue weighted by atomic mass is 10.2. The van der Waals surface area contributed by atoms with Crippen molar-refractivity contribution in [2.45, 2.75) is 6.92 Å². The number of nitrogens with one attached hydrogen (secondary N) is 1. The second-order valence-corrected chi connectivity index (χ2v) is 4.11. The Labute approximate surface area is 96.3 Å². The summed E-state index contributed by atoms with van der Waals surface area (Å²) in [6, 6.07) is 1.74. The average molecular weight is 234 g/mol. The number of hydrogen-bond donors (Lipinski definition) is 2. The molecule has 0 aliphatic heterocycles. The van der Waals surface area contributed by atoms with Crippen molar-refractivity contribution in [3.8, 4) is 0 Å². The van der Waals surface area contributed by atoms with Crippen molar-refractivity contribution in [2.75, 3.05) is 11.1 Å². The molecular weight excluding hydrogens is 224 g/mol. The van der Waals surface area contributed by atoms with Crippen LogP contribution in [-0.4, -0.2) is 15.9 Å². The second kappa shape index (κ2) is 4.28. The van der Waals surface area contributed by atoms with E-state index in [1.807, 2.05) is 6.92 Å². The number of hydrogen-bond acceptors (Lipinski definition) is 5. The van der Waals surface area contributed by atoms with Gasteiger partial charge in [0.1, 0.15) is 5.69 Å². The van der Waals surface area contributed by atoms with E-state index in [0.29, 0.717) is 10.8 Å². The molecule has 0 aliphatic carbocycles. The molecular formula is C10H10N4OS. The van der Waals surface area contributed by atoms with Crippen molar-refractivity contribution in [1.29, 1.82) is 0 Å². The zero-order valence-electron chi connectivity index (χ0n) is 8.60. The highest BCUT2D eigenvalue weighted by Gasteiger charge is 2.10. The zero-order chi connectivity index (χ0) is 11.5. The van der Waals surface area contributed by atoms with Gasteiger partial charge in [-0.15, -0.1) is 11.3 Å². The van der Waals surface area contributed by atoms with Crippen LogP contribution in [0.3, 0.4) is 0 Å². The summed E-state index contributed by atoms with van der Waals surface area (Å²) in [5.74, 6) is -0.262. The summed E-state index contributed by atoms with van der Waals surface area (Å²) in [6.07, 6.45) is 3.31. The molecule has 0 unspecified atom stereocenters. The van der Waals surface area contributed by atoms with Crippen LogP contribution in [0.25, 0.3) is 0 Å². The SMILES string of the molecule is Cc1cnccc1NC(=O)c1csc(N)n1. The van der Waals surface area contributed by atoms with Crippen LogP contribution >= 0.6 is 11.3 Å². The first-order valence-electron chi connectivity index (χ1n) is 4.60. The fourth-order valence-electron chi connectivity index (χ4n) is 1.19. The van der Waals surface area contributed by atoms with Gasteiger partial charge < -0.3 is 11.1 Å². The van der Waals surface area contributed by atoms with Crippen LogP contribution in [-0.2, 0) is 0 Å². The summed E-state index contributed by atoms with van der Waals surface area (Å²) in [5, 5.41) is 4.76. The first-order valence-corrected chi connectivity index (χ1v) is 5.48. The molecule has 0 aliphatic rings. The normalized spacial score (nSPS) is 10.1. The van der Waals surface area contributed by atoms with Crippen molar-refractivity contribution < 1.29 is 4.79 Å². The van der Waals surface area contributed by atoms with E-state index in [4.69, 9.17) is 5.73 Å². The number of carbonyl (C=O) groups is 1. The molecule has 1 amide bonds. The first kappa shape index (κ1) is 10.6. The van der Waals surface area contributed by atoms with Crippen molar-refractivity contribution in [3.63, 3.8) is 0 Å². The number of nitrogens with zero attached hydrogens (tertiary/aromatic N) is 2. The lowest BCUT2D eigenvalue weighted by Crippen LogP contribution is -2.13. The highest BCUT2D eigenvalue weighted by Crippen LogP contribution is 2.15. The van der Waals surface area contributed by atoms with Gasteiger partial charge in [-0.05, 0) is 18.6 Å². The van der Waals surface area contributed by atoms with Gasteiger partial charge in [0, 0.05) is 23.5 Å². The maximum absolute atomic E-state index is 11.7. The molecule has 2 aromatic heterocycles. The van der Waals surface area contributed by atoms with E-state index in [1.165, 1.54) is 11.3 Å². The molecule has 16 heavy (non-hydrogen) atoms. The lowest BCUT2D eigenvalue weighted by Gasteiger charge is -2.05. The van der Waals surface area contributed by atoms with E-state index in [-0.39, 0.29) is 5.91 Å². The topological polar surface area (TPSA) is 80.9 Å². The van der Waals surface area contributed by atoms with Crippen LogP contribution in [0.5, 0.6) is 0 Å². The predicted molar refractivity (Wildman–Crippen MR) is 63.5 cm³/mol. The molecule has 3 N–H and O–H groups in total. The van der Waals surface area contributed by atoms with Gasteiger partial charge in [0.15, 0.2) is 5.13 Å². The Morgan fingerprint density at radius 3 is 3.00 bits per heavy atom. The first-order chi connectivity index (χ1) is 7.66. The standard InChI is InChI=1S/C10H10N4OS/c1-6-4-12-3-2-7(6)13-9(15)8-5-16-10(11)14-8/h2-5H,1H3,(H2,11,14)(H,12,13,15). The van der Waals surface area contributed by atoms with Gasteiger partial charge in [0.2, 0.25) is 0 Å². The maximum atomic E-state index is 11.7. The van der Waals surface area contributed by atoms with Gasteiger partial charge in [0.25, 0.3) is 5.91 Å². The Kier molecular flexibility index (Phi) is 2.82. The minimum Gasteiger partial charge on any atom is -0.375 e. The number of nitrogens with two attached hydrogens (primary N) is 1. The number of aryl methyl sites for hydroxylation is 1. The molecule has 6 heteroatoms. The van der Waals surface area contributed by atoms with Crippen LogP contribution in [0.2, 0.25) is 0 Å². The van der Waals surface area contributed by atoms with Gasteiger partial charge in [-0.2, -0.15) is 0 Å². The smallest absolute Gasteiger partial charge is 0.275 e. The van der Waals surface area contributed by atoms with E-state index in [1.54, 1.807) is 23.8 Å². The third kappa shape index (κ3) is 2.17. The summed E-state index contributed by atoms with van der Waals surface area (Å²) in [4.78, 5) is 19.6. The summed E-state index contributed by atoms with van der Waals surface area (Å²) >= 11 is 1.24. The second-order valence-electron chi connectivity index (χ2n) is 3.22. The Morgan fingerprint density at radius 2 is 2.38 bits per heavy atom. The fourth-order valence-corrected chi connectivity index (χ4v) is 1.74. The Hall–Kier alpha value is -1.95. The number of rotatable bonds is 2. The number of anilines is 2. The van der Waals surface area contributed by atoms with Gasteiger partial charge in [-0.3, -0.25) is 9.78 Å². The third-order valence-corrected chi connectivity index (χ3v) is 2.70. The minimum atomic E-state index is -0.262. The van der Waals surface area contributed by atoms with Crippen molar-refractivity contribution in [1.82, 2.24) is 9.97 Å². The molecule has 0 fully saturated rings. The molecule has 82 valence electrons. The average Bonchev–Trinajstić information content (AvgIpc) is 2.68. The monoisotopic (exact) mass is 234 g/mol. The molecule has 2 heterocycles. The van der Waals surface area contributed by atoms with Crippen LogP contribution in [0, 0.1) is 6.92 Å². The number of thiazole rings is 1. The molecule has 2 rings (SSSR count). The van der Waals surface area contributed by atoms with E-state index in [0.717, 1.165) is 11.3 Å². The van der Waals surface area contributed by atoms with Gasteiger partial charge in [0.05, 0.1) is 0 Å². The highest BCUT2D eigenvalue weighted by molar-refractivity contribution is 7.13. The van der Waals surface area contributed by atoms with E-state index in [2.05, 4.69) is 15.3 Å². The molecule has 2 aromatic rings. The van der Waals surface area contributed by atoms with Crippen LogP contribution in [0.15, 0.2) is 23.8 Å². The molecule has 5 nitrogen and oxygen atoms in total. The molecule has 0 saturated heterocycles. The van der Waals surface area contributed by atoms with Crippen molar-refractivity contribution >= 4 is 28.1 Å². The zero-order valence-corrected chi connectivity index (χ0v) is 9.41. The van der Waals surface area contributed by atoms with Crippen LogP contribution in [0.4, 0.5) is 10.8 Å². The fraction of sp³-hybridized carbons (Fsp3) is 0.100. The van der Waals surface area contributed by atoms with E-state index < -0.39 is 0 Å². The number of aromatic nitrogens is 2. The minimum absolute atomic E-state index is 0.262. The molecule has 0 bridgehead atoms. The number of carbonyl (C=O) groups excluding carboxylic acids is 1. The van der Waals surface area contributed by atoms with Gasteiger partial charge in [-0.25, -0.2) is 4.98 Å². The number of nitrogen functional groups attached to an aromatic ring is 1. The van der Waals surface area contributed by atoms with Crippen LogP contribution in [0.1, 0.15) is 16.1 Å². The van der Waals surface area contributed by atoms with E-state index in [9.17, 15) is 4.79 Å². The molecule has 0 saturated carbocycles. The third-order valence-electron chi connectivity index (χ3n) is 2.02. The predicted octanol–water partition coefficient (Wildman–Crippen LogP) is 1.68.